The molecule has 0 saturated carbocycles. The summed E-state index contributed by atoms with van der Waals surface area (Å²) in [6.07, 6.45) is 0.174. The largest absolute Gasteiger partial charge is 0.478 e. The van der Waals surface area contributed by atoms with Crippen molar-refractivity contribution in [2.24, 2.45) is 5.92 Å². The van der Waals surface area contributed by atoms with E-state index in [1.165, 1.54) is 11.0 Å². The molecule has 5 nitrogen and oxygen atoms in total. The molecule has 0 bridgehead atoms. The minimum absolute atomic E-state index is 0.133. The number of hydrogen-bond acceptors (Lipinski definition) is 3. The van der Waals surface area contributed by atoms with Gasteiger partial charge in [0.25, 0.3) is 0 Å². The molecule has 1 heterocycles. The topological polar surface area (TPSA) is 77.8 Å². The van der Waals surface area contributed by atoms with Gasteiger partial charge in [-0.05, 0) is 18.2 Å². The van der Waals surface area contributed by atoms with Crippen LogP contribution in [0.25, 0.3) is 0 Å². The van der Waals surface area contributed by atoms with E-state index in [1.807, 2.05) is 0 Å². The zero-order valence-corrected chi connectivity index (χ0v) is 9.47. The summed E-state index contributed by atoms with van der Waals surface area (Å²) < 4.78 is 13.0. The highest BCUT2D eigenvalue weighted by atomic mass is 19.1. The fraction of sp³-hybridized carbons (Fsp3) is 0.333. The van der Waals surface area contributed by atoms with Gasteiger partial charge >= 0.3 is 5.97 Å². The van der Waals surface area contributed by atoms with E-state index < -0.39 is 11.8 Å². The minimum Gasteiger partial charge on any atom is -0.478 e. The Balaban J connectivity index is 2.39. The average molecular weight is 253 g/mol. The van der Waals surface area contributed by atoms with Crippen LogP contribution in [0.5, 0.6) is 0 Å². The minimum atomic E-state index is -1.29. The van der Waals surface area contributed by atoms with Gasteiger partial charge < -0.3 is 15.1 Å². The summed E-state index contributed by atoms with van der Waals surface area (Å²) in [5.74, 6) is -2.42. The first-order chi connectivity index (χ1) is 8.52. The number of hydrogen-bond donors (Lipinski definition) is 2. The molecular weight excluding hydrogens is 241 g/mol. The highest BCUT2D eigenvalue weighted by Crippen LogP contribution is 2.28. The van der Waals surface area contributed by atoms with E-state index in [9.17, 15) is 14.0 Å². The summed E-state index contributed by atoms with van der Waals surface area (Å²) in [5.41, 5.74) is -0.0770. The number of amides is 1. The second-order valence-electron chi connectivity index (χ2n) is 4.22. The molecule has 2 N–H and O–H groups in total. The molecule has 1 saturated heterocycles. The maximum absolute atomic E-state index is 13.0. The fourth-order valence-electron chi connectivity index (χ4n) is 2.05. The van der Waals surface area contributed by atoms with Crippen molar-refractivity contribution in [1.82, 2.24) is 0 Å². The summed E-state index contributed by atoms with van der Waals surface area (Å²) in [5, 5.41) is 18.0. The number of benzene rings is 1. The van der Waals surface area contributed by atoms with E-state index in [-0.39, 0.29) is 42.6 Å². The maximum Gasteiger partial charge on any atom is 0.337 e. The molecule has 0 radical (unpaired) electrons. The second-order valence-corrected chi connectivity index (χ2v) is 4.22. The third-order valence-corrected chi connectivity index (χ3v) is 2.94. The maximum atomic E-state index is 13.0. The number of aromatic carboxylic acids is 1. The molecule has 0 spiro atoms. The van der Waals surface area contributed by atoms with Crippen LogP contribution in [0, 0.1) is 11.7 Å². The fourth-order valence-corrected chi connectivity index (χ4v) is 2.05. The number of carboxylic acid groups (broad SMARTS) is 1. The van der Waals surface area contributed by atoms with Crippen molar-refractivity contribution >= 4 is 17.6 Å². The monoisotopic (exact) mass is 253 g/mol. The van der Waals surface area contributed by atoms with Crippen molar-refractivity contribution in [3.63, 3.8) is 0 Å². The molecule has 1 aliphatic rings. The van der Waals surface area contributed by atoms with E-state index in [1.54, 1.807) is 0 Å². The Morgan fingerprint density at radius 1 is 1.50 bits per heavy atom. The quantitative estimate of drug-likeness (QED) is 0.837. The van der Waals surface area contributed by atoms with Crippen LogP contribution in [0.3, 0.4) is 0 Å². The summed E-state index contributed by atoms with van der Waals surface area (Å²) in [6, 6.07) is 3.27. The van der Waals surface area contributed by atoms with Gasteiger partial charge in [-0.3, -0.25) is 4.79 Å². The van der Waals surface area contributed by atoms with Crippen LogP contribution in [0.1, 0.15) is 16.8 Å². The third-order valence-electron chi connectivity index (χ3n) is 2.94. The zero-order chi connectivity index (χ0) is 13.3. The zero-order valence-electron chi connectivity index (χ0n) is 9.47. The van der Waals surface area contributed by atoms with Gasteiger partial charge in [0.15, 0.2) is 0 Å². The number of carbonyl (C=O) groups excluding carboxylic acids is 1. The van der Waals surface area contributed by atoms with Crippen LogP contribution in [0.2, 0.25) is 0 Å². The Morgan fingerprint density at radius 3 is 2.78 bits per heavy atom. The number of anilines is 1. The van der Waals surface area contributed by atoms with Crippen LogP contribution >= 0.6 is 0 Å². The van der Waals surface area contributed by atoms with Crippen LogP contribution in [0.15, 0.2) is 18.2 Å². The van der Waals surface area contributed by atoms with Gasteiger partial charge in [-0.25, -0.2) is 9.18 Å². The molecule has 1 aliphatic heterocycles. The number of aliphatic hydroxyl groups is 1. The summed E-state index contributed by atoms with van der Waals surface area (Å²) in [4.78, 5) is 24.0. The van der Waals surface area contributed by atoms with E-state index in [0.29, 0.717) is 0 Å². The first kappa shape index (κ1) is 12.5. The van der Waals surface area contributed by atoms with Gasteiger partial charge in [-0.2, -0.15) is 0 Å². The van der Waals surface area contributed by atoms with Crippen molar-refractivity contribution in [2.45, 2.75) is 6.42 Å². The Morgan fingerprint density at radius 2 is 2.22 bits per heavy atom. The van der Waals surface area contributed by atoms with Crippen molar-refractivity contribution < 1.29 is 24.2 Å². The van der Waals surface area contributed by atoms with Crippen LogP contribution in [-0.2, 0) is 4.79 Å². The van der Waals surface area contributed by atoms with E-state index >= 15 is 0 Å². The number of rotatable bonds is 3. The predicted molar refractivity (Wildman–Crippen MR) is 60.9 cm³/mol. The molecule has 2 rings (SSSR count). The Bertz CT molecular complexity index is 503. The molecule has 1 fully saturated rings. The van der Waals surface area contributed by atoms with E-state index in [2.05, 4.69) is 0 Å². The molecule has 18 heavy (non-hydrogen) atoms. The lowest BCUT2D eigenvalue weighted by Gasteiger charge is -2.18. The number of aliphatic hydroxyl groups excluding tert-OH is 1. The molecule has 1 amide bonds. The number of carbonyl (C=O) groups is 2. The summed E-state index contributed by atoms with van der Waals surface area (Å²) in [6.45, 7) is 0.118. The smallest absolute Gasteiger partial charge is 0.337 e. The molecule has 0 aliphatic carbocycles. The molecular formula is C12H12FNO4. The number of halogens is 1. The lowest BCUT2D eigenvalue weighted by atomic mass is 10.1. The molecule has 1 atom stereocenters. The standard InChI is InChI=1S/C12H12FNO4/c13-8-1-2-10(9(4-8)12(17)18)14-5-7(6-15)3-11(14)16/h1-2,4,7,15H,3,5-6H2,(H,17,18). The van der Waals surface area contributed by atoms with Crippen molar-refractivity contribution in [3.8, 4) is 0 Å². The van der Waals surface area contributed by atoms with Crippen molar-refractivity contribution in [1.29, 1.82) is 0 Å². The number of nitrogens with zero attached hydrogens (tertiary/aromatic N) is 1. The highest BCUT2D eigenvalue weighted by Gasteiger charge is 2.32. The molecule has 1 aromatic rings. The average Bonchev–Trinajstić information content (AvgIpc) is 2.70. The summed E-state index contributed by atoms with van der Waals surface area (Å²) >= 11 is 0. The molecule has 0 aromatic heterocycles. The summed E-state index contributed by atoms with van der Waals surface area (Å²) in [7, 11) is 0. The first-order valence-electron chi connectivity index (χ1n) is 5.47. The Hall–Kier alpha value is -1.95. The normalized spacial score (nSPS) is 19.3. The first-order valence-corrected chi connectivity index (χ1v) is 5.47. The van der Waals surface area contributed by atoms with Crippen LogP contribution in [0.4, 0.5) is 10.1 Å². The lowest BCUT2D eigenvalue weighted by molar-refractivity contribution is -0.117. The number of carboxylic acids is 1. The molecule has 6 heteroatoms. The van der Waals surface area contributed by atoms with Crippen molar-refractivity contribution in [2.75, 3.05) is 18.1 Å². The Kier molecular flexibility index (Phi) is 3.29. The molecule has 1 aromatic carbocycles. The van der Waals surface area contributed by atoms with Gasteiger partial charge in [0.1, 0.15) is 5.82 Å². The van der Waals surface area contributed by atoms with Gasteiger partial charge in [-0.15, -0.1) is 0 Å². The predicted octanol–water partition coefficient (Wildman–Crippen LogP) is 0.869. The van der Waals surface area contributed by atoms with Gasteiger partial charge in [-0.1, -0.05) is 0 Å². The van der Waals surface area contributed by atoms with E-state index in [0.717, 1.165) is 12.1 Å². The SMILES string of the molecule is O=C(O)c1cc(F)ccc1N1CC(CO)CC1=O. The molecule has 1 unspecified atom stereocenters. The highest BCUT2D eigenvalue weighted by molar-refractivity contribution is 6.03. The van der Waals surface area contributed by atoms with Gasteiger partial charge in [0.05, 0.1) is 11.3 Å². The lowest BCUT2D eigenvalue weighted by Crippen LogP contribution is -2.27. The van der Waals surface area contributed by atoms with Crippen molar-refractivity contribution in [3.05, 3.63) is 29.6 Å². The van der Waals surface area contributed by atoms with E-state index in [4.69, 9.17) is 10.2 Å². The van der Waals surface area contributed by atoms with Gasteiger partial charge in [0.2, 0.25) is 5.91 Å². The third kappa shape index (κ3) is 2.19. The second kappa shape index (κ2) is 4.73. The Labute approximate surface area is 102 Å². The van der Waals surface area contributed by atoms with Crippen LogP contribution < -0.4 is 4.90 Å². The van der Waals surface area contributed by atoms with Crippen LogP contribution in [-0.4, -0.2) is 35.2 Å². The van der Waals surface area contributed by atoms with Gasteiger partial charge in [0, 0.05) is 25.5 Å². The molecule has 96 valence electrons.